The molecule has 1 aliphatic heterocycles. The molecule has 1 aromatic heterocycles. The van der Waals surface area contributed by atoms with Gasteiger partial charge in [-0.05, 0) is 30.9 Å². The Morgan fingerprint density at radius 2 is 1.83 bits per heavy atom. The van der Waals surface area contributed by atoms with E-state index < -0.39 is 9.85 Å². The molecule has 0 atom stereocenters. The smallest absolute Gasteiger partial charge is 0.301 e. The second-order valence-corrected chi connectivity index (χ2v) is 5.85. The van der Waals surface area contributed by atoms with Crippen LogP contribution in [-0.4, -0.2) is 27.9 Å². The first-order valence-corrected chi connectivity index (χ1v) is 7.44. The number of anilines is 1. The summed E-state index contributed by atoms with van der Waals surface area (Å²) in [5, 5.41) is 23.1. The number of hydrogen-bond acceptors (Lipinski definition) is 6. The molecule has 120 valence electrons. The van der Waals surface area contributed by atoms with Crippen molar-refractivity contribution in [1.82, 2.24) is 4.98 Å². The van der Waals surface area contributed by atoms with Crippen molar-refractivity contribution in [2.24, 2.45) is 5.92 Å². The predicted octanol–water partition coefficient (Wildman–Crippen LogP) is 3.29. The van der Waals surface area contributed by atoms with E-state index in [2.05, 4.69) is 11.9 Å². The van der Waals surface area contributed by atoms with Crippen LogP contribution < -0.4 is 4.90 Å². The zero-order valence-corrected chi connectivity index (χ0v) is 12.6. The molecule has 1 fully saturated rings. The molecule has 3 rings (SSSR count). The molecule has 0 aliphatic carbocycles. The van der Waals surface area contributed by atoms with Crippen molar-refractivity contribution in [1.29, 1.82) is 0 Å². The summed E-state index contributed by atoms with van der Waals surface area (Å²) in [6, 6.07) is 4.24. The van der Waals surface area contributed by atoms with Gasteiger partial charge >= 0.3 is 5.69 Å². The van der Waals surface area contributed by atoms with Crippen molar-refractivity contribution < 1.29 is 9.85 Å². The van der Waals surface area contributed by atoms with Crippen LogP contribution in [0.25, 0.3) is 10.9 Å². The minimum Gasteiger partial charge on any atom is -0.364 e. The highest BCUT2D eigenvalue weighted by molar-refractivity contribution is 6.01. The molecule has 1 saturated heterocycles. The third-order valence-corrected chi connectivity index (χ3v) is 4.32. The minimum absolute atomic E-state index is 0.252. The Labute approximate surface area is 132 Å². The molecule has 0 bridgehead atoms. The van der Waals surface area contributed by atoms with E-state index in [1.54, 1.807) is 12.1 Å². The van der Waals surface area contributed by atoms with Crippen molar-refractivity contribution in [3.63, 3.8) is 0 Å². The Kier molecular flexibility index (Phi) is 3.81. The number of hydrogen-bond donors (Lipinski definition) is 0. The topological polar surface area (TPSA) is 102 Å². The summed E-state index contributed by atoms with van der Waals surface area (Å²) in [4.78, 5) is 27.7. The summed E-state index contributed by atoms with van der Waals surface area (Å²) in [5.74, 6) is 0.572. The Morgan fingerprint density at radius 3 is 2.43 bits per heavy atom. The molecule has 1 aromatic carbocycles. The number of nitro benzene ring substituents is 2. The van der Waals surface area contributed by atoms with Gasteiger partial charge in [-0.2, -0.15) is 0 Å². The predicted molar refractivity (Wildman–Crippen MR) is 85.7 cm³/mol. The molecule has 8 nitrogen and oxygen atoms in total. The molecule has 0 unspecified atom stereocenters. The van der Waals surface area contributed by atoms with E-state index in [9.17, 15) is 20.2 Å². The normalized spacial score (nSPS) is 15.8. The summed E-state index contributed by atoms with van der Waals surface area (Å²) in [5.41, 5.74) is 0.178. The van der Waals surface area contributed by atoms with E-state index in [1.807, 2.05) is 4.90 Å². The van der Waals surface area contributed by atoms with Crippen LogP contribution in [0.2, 0.25) is 0 Å². The zero-order chi connectivity index (χ0) is 16.6. The van der Waals surface area contributed by atoms with Gasteiger partial charge in [0.05, 0.1) is 21.3 Å². The maximum absolute atomic E-state index is 11.5. The van der Waals surface area contributed by atoms with Gasteiger partial charge in [-0.15, -0.1) is 0 Å². The van der Waals surface area contributed by atoms with E-state index in [0.717, 1.165) is 18.9 Å². The molecule has 0 radical (unpaired) electrons. The Balaban J connectivity index is 2.26. The molecule has 8 heteroatoms. The lowest BCUT2D eigenvalue weighted by molar-refractivity contribution is -0.392. The largest absolute Gasteiger partial charge is 0.364 e. The van der Waals surface area contributed by atoms with Gasteiger partial charge in [-0.25, -0.2) is 0 Å². The quantitative estimate of drug-likeness (QED) is 0.636. The van der Waals surface area contributed by atoms with Gasteiger partial charge in [0.25, 0.3) is 5.69 Å². The van der Waals surface area contributed by atoms with Crippen LogP contribution in [-0.2, 0) is 0 Å². The monoisotopic (exact) mass is 316 g/mol. The van der Waals surface area contributed by atoms with Gasteiger partial charge in [0.2, 0.25) is 0 Å². The number of piperidine rings is 1. The Bertz CT molecular complexity index is 784. The fourth-order valence-electron chi connectivity index (χ4n) is 3.03. The maximum atomic E-state index is 11.5. The Hall–Kier alpha value is -2.77. The second kappa shape index (κ2) is 5.79. The molecule has 0 saturated carbocycles. The average molecular weight is 316 g/mol. The van der Waals surface area contributed by atoms with Gasteiger partial charge in [0, 0.05) is 19.3 Å². The van der Waals surface area contributed by atoms with Crippen molar-refractivity contribution >= 4 is 28.0 Å². The number of fused-ring (bicyclic) bond motifs is 1. The Morgan fingerprint density at radius 1 is 1.17 bits per heavy atom. The van der Waals surface area contributed by atoms with Crippen LogP contribution in [0.4, 0.5) is 17.1 Å². The summed E-state index contributed by atoms with van der Waals surface area (Å²) in [7, 11) is 0. The molecule has 2 aromatic rings. The number of benzene rings is 1. The van der Waals surface area contributed by atoms with Crippen LogP contribution in [0.5, 0.6) is 0 Å². The standard InChI is InChI=1S/C15H16N4O4/c1-10-4-7-17(8-5-10)15-13(19(22)23)9-12(18(20)21)11-3-2-6-16-14(11)15/h2-3,6,9-10H,4-5,7-8H2,1H3. The van der Waals surface area contributed by atoms with Crippen molar-refractivity contribution in [2.45, 2.75) is 19.8 Å². The number of pyridine rings is 1. The van der Waals surface area contributed by atoms with Crippen LogP contribution in [0.3, 0.4) is 0 Å². The van der Waals surface area contributed by atoms with Crippen LogP contribution in [0.15, 0.2) is 24.4 Å². The van der Waals surface area contributed by atoms with E-state index in [0.29, 0.717) is 35.6 Å². The van der Waals surface area contributed by atoms with E-state index >= 15 is 0 Å². The molecular formula is C15H16N4O4. The molecule has 0 spiro atoms. The van der Waals surface area contributed by atoms with Crippen LogP contribution >= 0.6 is 0 Å². The summed E-state index contributed by atoms with van der Waals surface area (Å²) in [6.45, 7) is 3.52. The highest BCUT2D eigenvalue weighted by Crippen LogP contribution is 2.41. The average Bonchev–Trinajstić information content (AvgIpc) is 2.54. The molecule has 23 heavy (non-hydrogen) atoms. The van der Waals surface area contributed by atoms with Gasteiger partial charge in [-0.1, -0.05) is 6.92 Å². The lowest BCUT2D eigenvalue weighted by atomic mass is 9.98. The van der Waals surface area contributed by atoms with E-state index in [4.69, 9.17) is 0 Å². The molecule has 1 aliphatic rings. The second-order valence-electron chi connectivity index (χ2n) is 5.85. The van der Waals surface area contributed by atoms with Crippen molar-refractivity contribution in [2.75, 3.05) is 18.0 Å². The molecule has 0 N–H and O–H groups in total. The highest BCUT2D eigenvalue weighted by atomic mass is 16.6. The SMILES string of the molecule is CC1CCN(c2c([N+](=O)[O-])cc([N+](=O)[O-])c3cccnc23)CC1. The lowest BCUT2D eigenvalue weighted by Crippen LogP contribution is -2.33. The first-order chi connectivity index (χ1) is 11.0. The van der Waals surface area contributed by atoms with Crippen LogP contribution in [0, 0.1) is 26.1 Å². The lowest BCUT2D eigenvalue weighted by Gasteiger charge is -2.32. The number of aromatic nitrogens is 1. The minimum atomic E-state index is -0.598. The van der Waals surface area contributed by atoms with Crippen LogP contribution in [0.1, 0.15) is 19.8 Å². The molecule has 2 heterocycles. The molecular weight excluding hydrogens is 300 g/mol. The van der Waals surface area contributed by atoms with E-state index in [-0.39, 0.29) is 11.4 Å². The zero-order valence-electron chi connectivity index (χ0n) is 12.6. The summed E-state index contributed by atoms with van der Waals surface area (Å²) >= 11 is 0. The van der Waals surface area contributed by atoms with Crippen molar-refractivity contribution in [3.05, 3.63) is 44.6 Å². The third kappa shape index (κ3) is 2.67. The van der Waals surface area contributed by atoms with Gasteiger partial charge in [0.15, 0.2) is 0 Å². The fourth-order valence-corrected chi connectivity index (χ4v) is 3.03. The number of non-ortho nitro benzene ring substituents is 1. The highest BCUT2D eigenvalue weighted by Gasteiger charge is 2.30. The fraction of sp³-hybridized carbons (Fsp3) is 0.400. The summed E-state index contributed by atoms with van der Waals surface area (Å²) < 4.78 is 0. The first-order valence-electron chi connectivity index (χ1n) is 7.44. The van der Waals surface area contributed by atoms with Gasteiger partial charge < -0.3 is 4.90 Å². The maximum Gasteiger partial charge on any atom is 0.301 e. The van der Waals surface area contributed by atoms with E-state index in [1.165, 1.54) is 6.20 Å². The van der Waals surface area contributed by atoms with Gasteiger partial charge in [-0.3, -0.25) is 25.2 Å². The summed E-state index contributed by atoms with van der Waals surface area (Å²) in [6.07, 6.45) is 3.37. The first kappa shape index (κ1) is 15.1. The number of rotatable bonds is 3. The van der Waals surface area contributed by atoms with Crippen molar-refractivity contribution in [3.8, 4) is 0 Å². The molecule has 0 amide bonds. The third-order valence-electron chi connectivity index (χ3n) is 4.32. The number of nitro groups is 2. The number of nitrogens with zero attached hydrogens (tertiary/aromatic N) is 4. The van der Waals surface area contributed by atoms with Gasteiger partial charge in [0.1, 0.15) is 11.2 Å².